The Bertz CT molecular complexity index is 185. The normalized spacial score (nSPS) is 24.4. The Morgan fingerprint density at radius 3 is 2.69 bits per heavy atom. The van der Waals surface area contributed by atoms with Crippen molar-refractivity contribution in [1.82, 2.24) is 5.32 Å². The van der Waals surface area contributed by atoms with Gasteiger partial charge in [0.2, 0.25) is 0 Å². The first-order valence-electron chi connectivity index (χ1n) is 6.07. The van der Waals surface area contributed by atoms with Gasteiger partial charge in [-0.25, -0.2) is 0 Å². The van der Waals surface area contributed by atoms with Gasteiger partial charge in [0.1, 0.15) is 6.79 Å². The first kappa shape index (κ1) is 13.9. The fraction of sp³-hybridized carbons (Fsp3) is 1.00. The average molecular weight is 231 g/mol. The maximum atomic E-state index is 9.05. The van der Waals surface area contributed by atoms with Crippen LogP contribution in [0.25, 0.3) is 0 Å². The number of ether oxygens (including phenoxy) is 2. The second-order valence-corrected chi connectivity index (χ2v) is 5.44. The van der Waals surface area contributed by atoms with Crippen molar-refractivity contribution in [3.63, 3.8) is 0 Å². The van der Waals surface area contributed by atoms with Crippen LogP contribution in [0, 0.1) is 5.41 Å². The summed E-state index contributed by atoms with van der Waals surface area (Å²) in [5.74, 6) is 0. The summed E-state index contributed by atoms with van der Waals surface area (Å²) < 4.78 is 10.6. The van der Waals surface area contributed by atoms with Crippen LogP contribution in [-0.2, 0) is 9.47 Å². The van der Waals surface area contributed by atoms with E-state index >= 15 is 0 Å². The van der Waals surface area contributed by atoms with Crippen LogP contribution in [0.15, 0.2) is 0 Å². The van der Waals surface area contributed by atoms with Gasteiger partial charge in [0, 0.05) is 19.2 Å². The monoisotopic (exact) mass is 231 g/mol. The summed E-state index contributed by atoms with van der Waals surface area (Å²) in [4.78, 5) is 0. The number of aliphatic hydroxyl groups excluding tert-OH is 1. The highest BCUT2D eigenvalue weighted by atomic mass is 16.7. The van der Waals surface area contributed by atoms with Gasteiger partial charge in [0.25, 0.3) is 0 Å². The molecule has 96 valence electrons. The van der Waals surface area contributed by atoms with Crippen LogP contribution in [0.4, 0.5) is 0 Å². The predicted octanol–water partition coefficient (Wildman–Crippen LogP) is 1.14. The number of hydrogen-bond acceptors (Lipinski definition) is 4. The van der Waals surface area contributed by atoms with Gasteiger partial charge in [0.15, 0.2) is 0 Å². The van der Waals surface area contributed by atoms with Crippen molar-refractivity contribution < 1.29 is 14.6 Å². The molecule has 0 aromatic heterocycles. The summed E-state index contributed by atoms with van der Waals surface area (Å²) in [5.41, 5.74) is 0.161. The van der Waals surface area contributed by atoms with E-state index in [1.54, 1.807) is 0 Å². The molecular weight excluding hydrogens is 206 g/mol. The summed E-state index contributed by atoms with van der Waals surface area (Å²) in [6.07, 6.45) is 1.98. The van der Waals surface area contributed by atoms with Gasteiger partial charge in [-0.3, -0.25) is 0 Å². The van der Waals surface area contributed by atoms with Crippen molar-refractivity contribution in [3.8, 4) is 0 Å². The molecule has 1 aliphatic rings. The Balaban J connectivity index is 2.31. The second kappa shape index (κ2) is 6.55. The summed E-state index contributed by atoms with van der Waals surface area (Å²) >= 11 is 0. The fourth-order valence-corrected chi connectivity index (χ4v) is 1.91. The minimum absolute atomic E-state index is 0.161. The van der Waals surface area contributed by atoms with Crippen LogP contribution < -0.4 is 5.32 Å². The summed E-state index contributed by atoms with van der Waals surface area (Å²) in [5, 5.41) is 12.5. The van der Waals surface area contributed by atoms with E-state index in [2.05, 4.69) is 26.1 Å². The third-order valence-corrected chi connectivity index (χ3v) is 3.03. The Labute approximate surface area is 98.3 Å². The highest BCUT2D eigenvalue weighted by Crippen LogP contribution is 2.21. The molecule has 0 saturated carbocycles. The quantitative estimate of drug-likeness (QED) is 0.745. The lowest BCUT2D eigenvalue weighted by Gasteiger charge is -2.33. The molecule has 0 aromatic rings. The Morgan fingerprint density at radius 2 is 2.19 bits per heavy atom. The smallest absolute Gasteiger partial charge is 0.147 e. The molecule has 2 N–H and O–H groups in total. The van der Waals surface area contributed by atoms with Crippen LogP contribution in [0.2, 0.25) is 0 Å². The highest BCUT2D eigenvalue weighted by molar-refractivity contribution is 4.81. The van der Waals surface area contributed by atoms with Gasteiger partial charge in [-0.15, -0.1) is 0 Å². The molecule has 0 bridgehead atoms. The average Bonchev–Trinajstić information content (AvgIpc) is 2.24. The lowest BCUT2D eigenvalue weighted by Crippen LogP contribution is -2.45. The van der Waals surface area contributed by atoms with Crippen LogP contribution >= 0.6 is 0 Å². The topological polar surface area (TPSA) is 50.7 Å². The Kier molecular flexibility index (Phi) is 5.69. The predicted molar refractivity (Wildman–Crippen MR) is 63.3 cm³/mol. The van der Waals surface area contributed by atoms with Gasteiger partial charge in [-0.2, -0.15) is 0 Å². The zero-order valence-electron chi connectivity index (χ0n) is 10.7. The molecule has 4 nitrogen and oxygen atoms in total. The van der Waals surface area contributed by atoms with E-state index in [1.165, 1.54) is 0 Å². The third-order valence-electron chi connectivity index (χ3n) is 3.03. The Morgan fingerprint density at radius 1 is 1.44 bits per heavy atom. The zero-order chi connectivity index (χ0) is 12.0. The maximum absolute atomic E-state index is 9.05. The van der Waals surface area contributed by atoms with Crippen molar-refractivity contribution in [2.75, 3.05) is 26.6 Å². The summed E-state index contributed by atoms with van der Waals surface area (Å²) in [6.45, 7) is 8.81. The molecule has 1 rings (SSSR count). The van der Waals surface area contributed by atoms with Crippen molar-refractivity contribution in [1.29, 1.82) is 0 Å². The van der Waals surface area contributed by atoms with Crippen molar-refractivity contribution in [3.05, 3.63) is 0 Å². The van der Waals surface area contributed by atoms with Crippen LogP contribution in [0.5, 0.6) is 0 Å². The zero-order valence-corrected chi connectivity index (χ0v) is 10.7. The molecule has 1 saturated heterocycles. The minimum atomic E-state index is 0.161. The molecule has 0 aromatic carbocycles. The van der Waals surface area contributed by atoms with E-state index in [4.69, 9.17) is 14.6 Å². The molecule has 0 amide bonds. The minimum Gasteiger partial charge on any atom is -0.396 e. The van der Waals surface area contributed by atoms with Crippen LogP contribution in [0.1, 0.15) is 33.6 Å². The molecule has 0 radical (unpaired) electrons. The lowest BCUT2D eigenvalue weighted by atomic mass is 9.85. The molecule has 1 fully saturated rings. The maximum Gasteiger partial charge on any atom is 0.147 e. The molecule has 2 atom stereocenters. The van der Waals surface area contributed by atoms with Crippen LogP contribution in [0.3, 0.4) is 0 Å². The number of rotatable bonds is 5. The number of nitrogens with one attached hydrogen (secondary N) is 1. The van der Waals surface area contributed by atoms with E-state index in [1.807, 2.05) is 0 Å². The van der Waals surface area contributed by atoms with E-state index < -0.39 is 0 Å². The molecule has 0 spiro atoms. The molecule has 1 heterocycles. The number of aliphatic hydroxyl groups is 1. The Hall–Kier alpha value is -0.160. The summed E-state index contributed by atoms with van der Waals surface area (Å²) in [6, 6.07) is 0.323. The van der Waals surface area contributed by atoms with Crippen molar-refractivity contribution >= 4 is 0 Å². The molecule has 1 aliphatic heterocycles. The SMILES string of the molecule is CC(C)(C)C(CCO)NCC1CCOCO1. The number of hydrogen-bond donors (Lipinski definition) is 2. The van der Waals surface area contributed by atoms with E-state index in [9.17, 15) is 0 Å². The largest absolute Gasteiger partial charge is 0.396 e. The summed E-state index contributed by atoms with van der Waals surface area (Å²) in [7, 11) is 0. The van der Waals surface area contributed by atoms with Gasteiger partial charge in [0.05, 0.1) is 12.7 Å². The highest BCUT2D eigenvalue weighted by Gasteiger charge is 2.25. The molecule has 4 heteroatoms. The van der Waals surface area contributed by atoms with Crippen LogP contribution in [-0.4, -0.2) is 43.8 Å². The van der Waals surface area contributed by atoms with E-state index in [0.29, 0.717) is 12.8 Å². The van der Waals surface area contributed by atoms with Gasteiger partial charge < -0.3 is 19.9 Å². The van der Waals surface area contributed by atoms with Gasteiger partial charge in [-0.1, -0.05) is 20.8 Å². The molecule has 16 heavy (non-hydrogen) atoms. The second-order valence-electron chi connectivity index (χ2n) is 5.44. The van der Waals surface area contributed by atoms with Gasteiger partial charge >= 0.3 is 0 Å². The standard InChI is InChI=1S/C12H25NO3/c1-12(2,3)11(4-6-14)13-8-10-5-7-15-9-16-10/h10-11,13-14H,4-9H2,1-3H3. The molecule has 0 aliphatic carbocycles. The van der Waals surface area contributed by atoms with E-state index in [0.717, 1.165) is 26.0 Å². The molecule has 2 unspecified atom stereocenters. The third kappa shape index (κ3) is 4.78. The molecular formula is C12H25NO3. The van der Waals surface area contributed by atoms with Crippen molar-refractivity contribution in [2.45, 2.75) is 45.8 Å². The van der Waals surface area contributed by atoms with Gasteiger partial charge in [-0.05, 0) is 18.3 Å². The lowest BCUT2D eigenvalue weighted by molar-refractivity contribution is -0.138. The fourth-order valence-electron chi connectivity index (χ4n) is 1.91. The van der Waals surface area contributed by atoms with Crippen molar-refractivity contribution in [2.24, 2.45) is 5.41 Å². The first-order chi connectivity index (χ1) is 7.54. The first-order valence-corrected chi connectivity index (χ1v) is 6.07. The van der Waals surface area contributed by atoms with E-state index in [-0.39, 0.29) is 18.1 Å².